The van der Waals surface area contributed by atoms with Crippen LogP contribution in [0.3, 0.4) is 0 Å². The van der Waals surface area contributed by atoms with Crippen molar-refractivity contribution in [1.82, 2.24) is 42.5 Å². The molecule has 0 bridgehead atoms. The number of carbonyl (C=O) groups is 15. The highest BCUT2D eigenvalue weighted by molar-refractivity contribution is 5.99. The second kappa shape index (κ2) is 34.0. The van der Waals surface area contributed by atoms with Gasteiger partial charge in [0, 0.05) is 25.7 Å². The fourth-order valence-corrected chi connectivity index (χ4v) is 7.29. The van der Waals surface area contributed by atoms with Gasteiger partial charge < -0.3 is 89.1 Å². The van der Waals surface area contributed by atoms with Crippen molar-refractivity contribution in [3.05, 3.63) is 29.8 Å². The zero-order valence-electron chi connectivity index (χ0n) is 43.9. The minimum Gasteiger partial charge on any atom is -0.508 e. The molecule has 0 heterocycles. The molecule has 0 aliphatic rings. The Morgan fingerprint density at radius 1 is 0.425 bits per heavy atom. The highest BCUT2D eigenvalue weighted by Gasteiger charge is 2.37. The van der Waals surface area contributed by atoms with E-state index < -0.39 is 219 Å². The van der Waals surface area contributed by atoms with E-state index in [4.69, 9.17) is 15.9 Å². The number of carboxylic acid groups (broad SMARTS) is 7. The van der Waals surface area contributed by atoms with E-state index in [0.29, 0.717) is 0 Å². The number of amides is 8. The molecule has 1 rings (SSSR count). The minimum absolute atomic E-state index is 0.0908. The molecule has 0 radical (unpaired) electrons. The minimum atomic E-state index is -2.06. The number of aliphatic carboxylic acids is 7. The number of carboxylic acids is 7. The van der Waals surface area contributed by atoms with Crippen LogP contribution in [0.4, 0.5) is 0 Å². The summed E-state index contributed by atoms with van der Waals surface area (Å²) in [5, 5.41) is 93.3. The van der Waals surface area contributed by atoms with Gasteiger partial charge in [-0.2, -0.15) is 0 Å². The highest BCUT2D eigenvalue weighted by Crippen LogP contribution is 2.16. The summed E-state index contributed by atoms with van der Waals surface area (Å²) in [5.41, 5.74) is 5.81. The SMILES string of the molecule is CC[C@H](C)[C@H](NC(=O)[C@H](CC(=O)O)NC(=O)[C@H](CCC(=O)O)NC(=O)[C@@H](N)CC(=O)O)C(=O)N[C@@H](Cc1ccc(O)cc1)C(=O)N[C@@H](CCC(=O)O)C(=O)N[C@@H](CCC(=O)O)C(=O)N[C@@H](CC(C)C)C(=O)N[C@@H](CC(=O)O)C(=O)O. The largest absolute Gasteiger partial charge is 0.508 e. The summed E-state index contributed by atoms with van der Waals surface area (Å²) in [4.78, 5) is 191. The molecule has 0 saturated carbocycles. The van der Waals surface area contributed by atoms with E-state index >= 15 is 0 Å². The van der Waals surface area contributed by atoms with Gasteiger partial charge in [0.25, 0.3) is 0 Å². The Morgan fingerprint density at radius 2 is 0.775 bits per heavy atom. The molecule has 444 valence electrons. The molecule has 8 amide bonds. The van der Waals surface area contributed by atoms with Gasteiger partial charge in [0.2, 0.25) is 47.3 Å². The normalized spacial score (nSPS) is 14.7. The summed E-state index contributed by atoms with van der Waals surface area (Å²) in [6.45, 7) is 6.19. The van der Waals surface area contributed by atoms with Crippen LogP contribution in [0, 0.1) is 11.8 Å². The fraction of sp³-hybridized carbons (Fsp3) is 0.562. The van der Waals surface area contributed by atoms with Crippen LogP contribution in [-0.4, -0.2) is 184 Å². The van der Waals surface area contributed by atoms with Crippen molar-refractivity contribution in [3.8, 4) is 5.75 Å². The van der Waals surface area contributed by atoms with Gasteiger partial charge in [0.05, 0.1) is 25.3 Å². The van der Waals surface area contributed by atoms with Gasteiger partial charge in [-0.3, -0.25) is 67.1 Å². The predicted octanol–water partition coefficient (Wildman–Crippen LogP) is -3.66. The molecule has 0 spiro atoms. The third-order valence-corrected chi connectivity index (χ3v) is 11.7. The number of hydrogen-bond donors (Lipinski definition) is 17. The van der Waals surface area contributed by atoms with Crippen molar-refractivity contribution in [2.45, 2.75) is 159 Å². The molecular formula is C48H69N9O23. The van der Waals surface area contributed by atoms with Crippen molar-refractivity contribution in [2.24, 2.45) is 17.6 Å². The number of carbonyl (C=O) groups excluding carboxylic acids is 8. The Kier molecular flexibility index (Phi) is 29.4. The van der Waals surface area contributed by atoms with Crippen molar-refractivity contribution < 1.29 is 113 Å². The molecular weight excluding hydrogens is 1070 g/mol. The Bertz CT molecular complexity index is 2440. The average Bonchev–Trinajstić information content (AvgIpc) is 3.35. The van der Waals surface area contributed by atoms with Gasteiger partial charge in [-0.25, -0.2) is 4.79 Å². The van der Waals surface area contributed by atoms with Gasteiger partial charge in [-0.05, 0) is 55.2 Å². The van der Waals surface area contributed by atoms with Gasteiger partial charge in [-0.15, -0.1) is 0 Å². The second-order valence-corrected chi connectivity index (χ2v) is 18.8. The molecule has 10 atom stereocenters. The van der Waals surface area contributed by atoms with Gasteiger partial charge in [0.15, 0.2) is 0 Å². The van der Waals surface area contributed by atoms with Crippen molar-refractivity contribution in [1.29, 1.82) is 0 Å². The molecule has 80 heavy (non-hydrogen) atoms. The lowest BCUT2D eigenvalue weighted by molar-refractivity contribution is -0.147. The third kappa shape index (κ3) is 26.4. The number of rotatable bonds is 38. The maximum absolute atomic E-state index is 14.3. The smallest absolute Gasteiger partial charge is 0.326 e. The molecule has 0 saturated heterocycles. The van der Waals surface area contributed by atoms with Gasteiger partial charge in [0.1, 0.15) is 54.1 Å². The Labute approximate surface area is 455 Å². The third-order valence-electron chi connectivity index (χ3n) is 11.7. The number of nitrogens with two attached hydrogens (primary N) is 1. The van der Waals surface area contributed by atoms with Crippen molar-refractivity contribution >= 4 is 89.0 Å². The molecule has 0 unspecified atom stereocenters. The molecule has 32 nitrogen and oxygen atoms in total. The highest BCUT2D eigenvalue weighted by atomic mass is 16.4. The Balaban J connectivity index is 3.73. The molecule has 1 aromatic rings. The number of aromatic hydroxyl groups is 1. The topological polar surface area (TPSA) is 540 Å². The van der Waals surface area contributed by atoms with Crippen LogP contribution >= 0.6 is 0 Å². The monoisotopic (exact) mass is 1140 g/mol. The van der Waals surface area contributed by atoms with E-state index in [-0.39, 0.29) is 24.2 Å². The van der Waals surface area contributed by atoms with E-state index in [9.17, 15) is 103 Å². The second-order valence-electron chi connectivity index (χ2n) is 18.8. The van der Waals surface area contributed by atoms with E-state index in [0.717, 1.165) is 0 Å². The first-order valence-corrected chi connectivity index (χ1v) is 24.7. The van der Waals surface area contributed by atoms with E-state index in [1.165, 1.54) is 31.2 Å². The summed E-state index contributed by atoms with van der Waals surface area (Å²) < 4.78 is 0. The molecule has 0 aromatic heterocycles. The Morgan fingerprint density at radius 3 is 1.18 bits per heavy atom. The van der Waals surface area contributed by atoms with Crippen LogP contribution in [0.2, 0.25) is 0 Å². The summed E-state index contributed by atoms with van der Waals surface area (Å²) in [7, 11) is 0. The van der Waals surface area contributed by atoms with E-state index in [2.05, 4.69) is 37.2 Å². The first-order chi connectivity index (χ1) is 37.2. The number of benzene rings is 1. The quantitative estimate of drug-likeness (QED) is 0.0303. The Hall–Kier alpha value is -8.97. The maximum atomic E-state index is 14.3. The zero-order valence-corrected chi connectivity index (χ0v) is 43.9. The number of phenolic OH excluding ortho intramolecular Hbond substituents is 1. The lowest BCUT2D eigenvalue weighted by atomic mass is 9.96. The summed E-state index contributed by atoms with van der Waals surface area (Å²) in [6, 6.07) is -11.4. The van der Waals surface area contributed by atoms with E-state index in [1.807, 2.05) is 5.32 Å². The van der Waals surface area contributed by atoms with Crippen LogP contribution in [0.15, 0.2) is 24.3 Å². The van der Waals surface area contributed by atoms with Gasteiger partial charge in [-0.1, -0.05) is 46.2 Å². The first-order valence-electron chi connectivity index (χ1n) is 24.7. The number of phenols is 1. The lowest BCUT2D eigenvalue weighted by Gasteiger charge is -2.29. The van der Waals surface area contributed by atoms with Crippen molar-refractivity contribution in [2.75, 3.05) is 0 Å². The first kappa shape index (κ1) is 69.0. The van der Waals surface area contributed by atoms with Crippen molar-refractivity contribution in [3.63, 3.8) is 0 Å². The van der Waals surface area contributed by atoms with Crippen LogP contribution in [0.1, 0.15) is 104 Å². The van der Waals surface area contributed by atoms with Crippen LogP contribution < -0.4 is 48.3 Å². The number of hydrogen-bond acceptors (Lipinski definition) is 17. The summed E-state index contributed by atoms with van der Waals surface area (Å²) in [5.74, 6) is -22.4. The predicted molar refractivity (Wildman–Crippen MR) is 269 cm³/mol. The van der Waals surface area contributed by atoms with Crippen LogP contribution in [0.25, 0.3) is 0 Å². The van der Waals surface area contributed by atoms with E-state index in [1.54, 1.807) is 20.8 Å². The zero-order chi connectivity index (χ0) is 61.1. The average molecular weight is 1140 g/mol. The van der Waals surface area contributed by atoms with Crippen LogP contribution in [0.5, 0.6) is 5.75 Å². The summed E-state index contributed by atoms with van der Waals surface area (Å²) >= 11 is 0. The maximum Gasteiger partial charge on any atom is 0.326 e. The molecule has 0 aliphatic heterocycles. The van der Waals surface area contributed by atoms with Gasteiger partial charge >= 0.3 is 41.8 Å². The lowest BCUT2D eigenvalue weighted by Crippen LogP contribution is -2.61. The summed E-state index contributed by atoms with van der Waals surface area (Å²) in [6.07, 6.45) is -8.22. The molecule has 0 aliphatic carbocycles. The molecule has 0 fully saturated rings. The molecule has 32 heteroatoms. The standard InChI is InChI=1S/C48H69N9O23/c1-5-22(4)39(57-46(77)31(19-37(67)68)54-42(73)26(10-13-33(59)60)50-40(71)25(49)18-36(65)66)47(78)55-30(17-23-6-8-24(58)9-7-23)45(76)52-27(11-14-34(61)62)41(72)51-28(12-15-35(63)64)43(74)53-29(16-21(2)3)44(75)56-32(48(79)80)20-38(69)70/h6-9,21-22,25-32,39,58H,5,10-20,49H2,1-4H3,(H,50,71)(H,51,72)(H,52,76)(H,53,74)(H,54,73)(H,55,78)(H,56,75)(H,57,77)(H,59,60)(H,61,62)(H,63,64)(H,65,66)(H,67,68)(H,69,70)(H,79,80)/t22-,25-,26-,27-,28-,29-,30-,31-,32-,39-/m0/s1. The molecule has 18 N–H and O–H groups in total. The fourth-order valence-electron chi connectivity index (χ4n) is 7.29. The number of nitrogens with one attached hydrogen (secondary N) is 8. The molecule has 1 aromatic carbocycles. The van der Waals surface area contributed by atoms with Crippen LogP contribution in [-0.2, 0) is 78.3 Å².